The Hall–Kier alpha value is -5.49. The average Bonchev–Trinajstić information content (AvgIpc) is 3.02. The maximum atomic E-state index is 13.4. The molecule has 228 valence electrons. The summed E-state index contributed by atoms with van der Waals surface area (Å²) in [6, 6.07) is 22.7. The summed E-state index contributed by atoms with van der Waals surface area (Å²) in [7, 11) is 1.42. The number of halogens is 1. The van der Waals surface area contributed by atoms with Gasteiger partial charge in [-0.05, 0) is 82.0 Å². The molecule has 1 fully saturated rings. The smallest absolute Gasteiger partial charge is 0.335 e. The molecule has 0 unspecified atom stereocenters. The zero-order chi connectivity index (χ0) is 32.1. The van der Waals surface area contributed by atoms with Gasteiger partial charge in [0, 0.05) is 12.1 Å². The van der Waals surface area contributed by atoms with E-state index in [1.165, 1.54) is 25.3 Å². The second kappa shape index (κ2) is 13.4. The van der Waals surface area contributed by atoms with Gasteiger partial charge in [-0.25, -0.2) is 9.69 Å². The number of imide groups is 2. The second-order valence-electron chi connectivity index (χ2n) is 9.98. The van der Waals surface area contributed by atoms with Crippen molar-refractivity contribution < 1.29 is 33.5 Å². The van der Waals surface area contributed by atoms with Crippen LogP contribution in [0, 0.1) is 17.0 Å². The molecule has 1 N–H and O–H groups in total. The lowest BCUT2D eigenvalue weighted by molar-refractivity contribution is -0.384. The zero-order valence-corrected chi connectivity index (χ0v) is 25.7. The Morgan fingerprint density at radius 1 is 0.911 bits per heavy atom. The van der Waals surface area contributed by atoms with Gasteiger partial charge < -0.3 is 14.2 Å². The maximum absolute atomic E-state index is 13.4. The van der Waals surface area contributed by atoms with Crippen molar-refractivity contribution >= 4 is 51.2 Å². The van der Waals surface area contributed by atoms with Gasteiger partial charge in [0.15, 0.2) is 11.5 Å². The summed E-state index contributed by atoms with van der Waals surface area (Å²) < 4.78 is 17.6. The first kappa shape index (κ1) is 31.0. The third-order valence-corrected chi connectivity index (χ3v) is 7.38. The van der Waals surface area contributed by atoms with E-state index < -0.39 is 22.8 Å². The summed E-state index contributed by atoms with van der Waals surface area (Å²) in [5.41, 5.74) is 3.05. The monoisotopic (exact) mass is 671 g/mol. The van der Waals surface area contributed by atoms with Crippen LogP contribution in [0.25, 0.3) is 6.08 Å². The number of nitro benzene ring substituents is 1. The van der Waals surface area contributed by atoms with Crippen LogP contribution in [0.1, 0.15) is 22.3 Å². The second-order valence-corrected chi connectivity index (χ2v) is 10.8. The van der Waals surface area contributed by atoms with E-state index in [0.29, 0.717) is 33.7 Å². The minimum absolute atomic E-state index is 0.0187. The van der Waals surface area contributed by atoms with Crippen LogP contribution in [0.5, 0.6) is 17.2 Å². The van der Waals surface area contributed by atoms with Crippen LogP contribution in [0.2, 0.25) is 0 Å². The molecule has 1 heterocycles. The molecule has 12 heteroatoms. The van der Waals surface area contributed by atoms with Gasteiger partial charge in [-0.2, -0.15) is 0 Å². The number of barbiturate groups is 1. The predicted molar refractivity (Wildman–Crippen MR) is 169 cm³/mol. The first-order valence-electron chi connectivity index (χ1n) is 13.6. The lowest BCUT2D eigenvalue weighted by Crippen LogP contribution is -2.54. The molecule has 11 nitrogen and oxygen atoms in total. The van der Waals surface area contributed by atoms with Crippen molar-refractivity contribution in [3.05, 3.63) is 127 Å². The number of nitrogens with one attached hydrogen (secondary N) is 1. The van der Waals surface area contributed by atoms with Gasteiger partial charge >= 0.3 is 6.03 Å². The molecule has 4 aromatic carbocycles. The van der Waals surface area contributed by atoms with Crippen LogP contribution in [0.15, 0.2) is 95.0 Å². The van der Waals surface area contributed by atoms with Crippen LogP contribution in [0.3, 0.4) is 0 Å². The first-order chi connectivity index (χ1) is 21.6. The maximum Gasteiger partial charge on any atom is 0.335 e. The molecule has 1 saturated heterocycles. The van der Waals surface area contributed by atoms with Crippen molar-refractivity contribution in [2.24, 2.45) is 0 Å². The average molecular weight is 672 g/mol. The van der Waals surface area contributed by atoms with Crippen molar-refractivity contribution in [2.75, 3.05) is 12.0 Å². The van der Waals surface area contributed by atoms with Gasteiger partial charge in [-0.1, -0.05) is 42.0 Å². The Kier molecular flexibility index (Phi) is 9.24. The molecule has 0 atom stereocenters. The molecule has 0 radical (unpaired) electrons. The minimum Gasteiger partial charge on any atom is -0.493 e. The van der Waals surface area contributed by atoms with E-state index in [4.69, 9.17) is 14.2 Å². The molecule has 1 aliphatic rings. The highest BCUT2D eigenvalue weighted by Crippen LogP contribution is 2.38. The van der Waals surface area contributed by atoms with E-state index in [-0.39, 0.29) is 29.3 Å². The quantitative estimate of drug-likeness (QED) is 0.0873. The number of urea groups is 1. The van der Waals surface area contributed by atoms with Gasteiger partial charge in [-0.3, -0.25) is 25.0 Å². The molecular weight excluding hydrogens is 646 g/mol. The van der Waals surface area contributed by atoms with Crippen molar-refractivity contribution in [3.63, 3.8) is 0 Å². The lowest BCUT2D eigenvalue weighted by Gasteiger charge is -2.26. The highest BCUT2D eigenvalue weighted by Gasteiger charge is 2.37. The molecule has 1 aliphatic heterocycles. The van der Waals surface area contributed by atoms with E-state index in [2.05, 4.69) is 21.2 Å². The van der Waals surface area contributed by atoms with E-state index in [0.717, 1.165) is 16.0 Å². The number of non-ortho nitro benzene ring substituents is 1. The number of nitrogens with zero attached hydrogens (tertiary/aromatic N) is 2. The lowest BCUT2D eigenvalue weighted by atomic mass is 10.1. The van der Waals surface area contributed by atoms with Crippen LogP contribution in [-0.4, -0.2) is 29.9 Å². The van der Waals surface area contributed by atoms with Crippen LogP contribution < -0.4 is 24.4 Å². The summed E-state index contributed by atoms with van der Waals surface area (Å²) in [4.78, 5) is 50.4. The van der Waals surface area contributed by atoms with Crippen molar-refractivity contribution in [1.29, 1.82) is 0 Å². The Morgan fingerprint density at radius 2 is 1.62 bits per heavy atom. The Balaban J connectivity index is 1.33. The fourth-order valence-corrected chi connectivity index (χ4v) is 5.05. The van der Waals surface area contributed by atoms with E-state index in [1.54, 1.807) is 48.5 Å². The number of anilines is 1. The van der Waals surface area contributed by atoms with Crippen molar-refractivity contribution in [1.82, 2.24) is 5.32 Å². The summed E-state index contributed by atoms with van der Waals surface area (Å²) >= 11 is 3.44. The van der Waals surface area contributed by atoms with Crippen LogP contribution >= 0.6 is 15.9 Å². The third kappa shape index (κ3) is 7.19. The topological polar surface area (TPSA) is 137 Å². The van der Waals surface area contributed by atoms with Crippen molar-refractivity contribution in [3.8, 4) is 17.2 Å². The number of methoxy groups -OCH3 is 1. The minimum atomic E-state index is -0.876. The molecule has 0 aromatic heterocycles. The molecule has 0 saturated carbocycles. The number of aryl methyl sites for hydroxylation is 1. The summed E-state index contributed by atoms with van der Waals surface area (Å²) in [6.45, 7) is 2.37. The Labute approximate surface area is 266 Å². The number of nitro groups is 1. The van der Waals surface area contributed by atoms with Crippen LogP contribution in [0.4, 0.5) is 16.2 Å². The molecular formula is C33H26BrN3O8. The number of hydrogen-bond donors (Lipinski definition) is 1. The Morgan fingerprint density at radius 3 is 2.31 bits per heavy atom. The number of carbonyl (C=O) groups is 3. The van der Waals surface area contributed by atoms with Gasteiger partial charge in [-0.15, -0.1) is 0 Å². The molecule has 4 aromatic rings. The largest absolute Gasteiger partial charge is 0.493 e. The molecule has 5 rings (SSSR count). The number of amides is 4. The molecule has 0 bridgehead atoms. The number of hydrogen-bond acceptors (Lipinski definition) is 8. The normalized spacial score (nSPS) is 13.9. The summed E-state index contributed by atoms with van der Waals surface area (Å²) in [5.74, 6) is -0.522. The third-order valence-electron chi connectivity index (χ3n) is 6.79. The number of benzene rings is 4. The fraction of sp³-hybridized carbons (Fsp3) is 0.121. The van der Waals surface area contributed by atoms with Gasteiger partial charge in [0.05, 0.1) is 22.2 Å². The summed E-state index contributed by atoms with van der Waals surface area (Å²) in [5, 5.41) is 13.3. The summed E-state index contributed by atoms with van der Waals surface area (Å²) in [6.07, 6.45) is 1.34. The van der Waals surface area contributed by atoms with Gasteiger partial charge in [0.25, 0.3) is 17.5 Å². The number of ether oxygens (including phenoxy) is 3. The van der Waals surface area contributed by atoms with E-state index in [9.17, 15) is 24.5 Å². The number of carbonyl (C=O) groups excluding carboxylic acids is 3. The highest BCUT2D eigenvalue weighted by atomic mass is 79.9. The molecule has 0 spiro atoms. The first-order valence-corrected chi connectivity index (χ1v) is 14.4. The Bertz CT molecular complexity index is 1820. The SMILES string of the molecule is COc1cc(/C=C2\C(=O)NC(=O)N(c3ccc(OCc4ccc(C)cc4)cc3)C2=O)cc(Br)c1OCc1cccc([N+](=O)[O-])c1. The fourth-order valence-electron chi connectivity index (χ4n) is 4.48. The molecule has 0 aliphatic carbocycles. The number of rotatable bonds is 10. The molecule has 4 amide bonds. The molecule has 45 heavy (non-hydrogen) atoms. The van der Waals surface area contributed by atoms with E-state index in [1.807, 2.05) is 31.2 Å². The van der Waals surface area contributed by atoms with Crippen molar-refractivity contribution in [2.45, 2.75) is 20.1 Å². The van der Waals surface area contributed by atoms with Crippen LogP contribution in [-0.2, 0) is 22.8 Å². The predicted octanol–water partition coefficient (Wildman–Crippen LogP) is 6.50. The van der Waals surface area contributed by atoms with Gasteiger partial charge in [0.1, 0.15) is 24.5 Å². The standard InChI is InChI=1S/C33H26BrN3O8/c1-20-6-8-21(9-7-20)18-44-26-12-10-24(11-13-26)36-32(39)27(31(38)35-33(36)40)15-23-16-28(34)30(29(17-23)43-2)45-19-22-4-3-5-25(14-22)37(41)42/h3-17H,18-19H2,1-2H3,(H,35,38,40)/b27-15+. The van der Waals surface area contributed by atoms with Gasteiger partial charge in [0.2, 0.25) is 0 Å². The van der Waals surface area contributed by atoms with E-state index >= 15 is 0 Å². The highest BCUT2D eigenvalue weighted by molar-refractivity contribution is 9.10. The zero-order valence-electron chi connectivity index (χ0n) is 24.1.